The SMILES string of the molecule is C=CCc1cc(/C=C(\C#N)C(=O)Nc2ccccc2C)cc(OCC)c1OCCC. The molecule has 0 unspecified atom stereocenters. The van der Waals surface area contributed by atoms with E-state index in [1.54, 1.807) is 24.3 Å². The molecule has 0 radical (unpaired) electrons. The van der Waals surface area contributed by atoms with Crippen LogP contribution in [-0.2, 0) is 11.2 Å². The van der Waals surface area contributed by atoms with Crippen molar-refractivity contribution >= 4 is 17.7 Å². The molecule has 30 heavy (non-hydrogen) atoms. The van der Waals surface area contributed by atoms with E-state index in [4.69, 9.17) is 9.47 Å². The maximum Gasteiger partial charge on any atom is 0.266 e. The van der Waals surface area contributed by atoms with E-state index in [9.17, 15) is 10.1 Å². The number of rotatable bonds is 10. The van der Waals surface area contributed by atoms with Gasteiger partial charge < -0.3 is 14.8 Å². The molecule has 0 fully saturated rings. The van der Waals surface area contributed by atoms with E-state index in [-0.39, 0.29) is 5.57 Å². The number of aryl methyl sites for hydroxylation is 1. The van der Waals surface area contributed by atoms with Gasteiger partial charge in [-0.1, -0.05) is 31.2 Å². The van der Waals surface area contributed by atoms with E-state index in [0.29, 0.717) is 42.4 Å². The van der Waals surface area contributed by atoms with Gasteiger partial charge in [0, 0.05) is 11.3 Å². The van der Waals surface area contributed by atoms with E-state index < -0.39 is 5.91 Å². The summed E-state index contributed by atoms with van der Waals surface area (Å²) in [6, 6.07) is 13.1. The van der Waals surface area contributed by atoms with Gasteiger partial charge in [-0.05, 0) is 62.1 Å². The van der Waals surface area contributed by atoms with Crippen LogP contribution in [0.4, 0.5) is 5.69 Å². The lowest BCUT2D eigenvalue weighted by Crippen LogP contribution is -2.14. The summed E-state index contributed by atoms with van der Waals surface area (Å²) in [5.74, 6) is 0.813. The molecule has 5 heteroatoms. The minimum Gasteiger partial charge on any atom is -0.490 e. The molecular weight excluding hydrogens is 376 g/mol. The second-order valence-electron chi connectivity index (χ2n) is 6.72. The number of nitrogens with zero attached hydrogens (tertiary/aromatic N) is 1. The summed E-state index contributed by atoms with van der Waals surface area (Å²) in [5.41, 5.74) is 3.19. The third-order valence-corrected chi connectivity index (χ3v) is 4.34. The Morgan fingerprint density at radius 3 is 2.63 bits per heavy atom. The summed E-state index contributed by atoms with van der Waals surface area (Å²) < 4.78 is 11.7. The van der Waals surface area contributed by atoms with Crippen molar-refractivity contribution < 1.29 is 14.3 Å². The van der Waals surface area contributed by atoms with Gasteiger partial charge in [0.2, 0.25) is 0 Å². The minimum atomic E-state index is -0.457. The Balaban J connectivity index is 2.42. The van der Waals surface area contributed by atoms with Crippen molar-refractivity contribution in [1.29, 1.82) is 5.26 Å². The number of anilines is 1. The summed E-state index contributed by atoms with van der Waals surface area (Å²) >= 11 is 0. The summed E-state index contributed by atoms with van der Waals surface area (Å²) in [6.45, 7) is 10.7. The molecule has 2 rings (SSSR count). The fraction of sp³-hybridized carbons (Fsp3) is 0.280. The zero-order valence-corrected chi connectivity index (χ0v) is 17.8. The van der Waals surface area contributed by atoms with Gasteiger partial charge in [0.1, 0.15) is 11.6 Å². The highest BCUT2D eigenvalue weighted by atomic mass is 16.5. The van der Waals surface area contributed by atoms with Gasteiger partial charge in [0.15, 0.2) is 11.5 Å². The number of para-hydroxylation sites is 1. The first-order valence-corrected chi connectivity index (χ1v) is 10.1. The van der Waals surface area contributed by atoms with Crippen molar-refractivity contribution in [3.63, 3.8) is 0 Å². The second-order valence-corrected chi connectivity index (χ2v) is 6.72. The van der Waals surface area contributed by atoms with Crippen LogP contribution in [0.15, 0.2) is 54.6 Å². The van der Waals surface area contributed by atoms with Crippen LogP contribution in [0.5, 0.6) is 11.5 Å². The minimum absolute atomic E-state index is 0.00693. The lowest BCUT2D eigenvalue weighted by Gasteiger charge is -2.16. The molecule has 0 saturated heterocycles. The van der Waals surface area contributed by atoms with Crippen LogP contribution < -0.4 is 14.8 Å². The average Bonchev–Trinajstić information content (AvgIpc) is 2.73. The molecular formula is C25H28N2O3. The Morgan fingerprint density at radius 2 is 2.00 bits per heavy atom. The lowest BCUT2D eigenvalue weighted by atomic mass is 10.0. The van der Waals surface area contributed by atoms with Crippen LogP contribution in [-0.4, -0.2) is 19.1 Å². The predicted molar refractivity (Wildman–Crippen MR) is 121 cm³/mol. The fourth-order valence-corrected chi connectivity index (χ4v) is 2.92. The zero-order valence-electron chi connectivity index (χ0n) is 17.8. The Bertz CT molecular complexity index is 971. The van der Waals surface area contributed by atoms with Crippen LogP contribution in [0.25, 0.3) is 6.08 Å². The summed E-state index contributed by atoms with van der Waals surface area (Å²) in [5, 5.41) is 12.4. The Kier molecular flexibility index (Phi) is 8.71. The topological polar surface area (TPSA) is 71.4 Å². The molecule has 5 nitrogen and oxygen atoms in total. The lowest BCUT2D eigenvalue weighted by molar-refractivity contribution is -0.112. The molecule has 0 aliphatic rings. The maximum absolute atomic E-state index is 12.7. The van der Waals surface area contributed by atoms with Crippen LogP contribution in [0.2, 0.25) is 0 Å². The highest BCUT2D eigenvalue weighted by Gasteiger charge is 2.15. The van der Waals surface area contributed by atoms with Crippen LogP contribution >= 0.6 is 0 Å². The molecule has 2 aromatic carbocycles. The molecule has 0 spiro atoms. The highest BCUT2D eigenvalue weighted by molar-refractivity contribution is 6.10. The average molecular weight is 405 g/mol. The number of amides is 1. The molecule has 0 saturated carbocycles. The number of carbonyl (C=O) groups excluding carboxylic acids is 1. The van der Waals surface area contributed by atoms with Gasteiger partial charge >= 0.3 is 0 Å². The van der Waals surface area contributed by atoms with E-state index in [1.807, 2.05) is 51.1 Å². The number of allylic oxidation sites excluding steroid dienone is 1. The van der Waals surface area contributed by atoms with Crippen molar-refractivity contribution in [2.24, 2.45) is 0 Å². The van der Waals surface area contributed by atoms with Crippen molar-refractivity contribution in [3.8, 4) is 17.6 Å². The number of hydrogen-bond donors (Lipinski definition) is 1. The van der Waals surface area contributed by atoms with Crippen LogP contribution in [0.1, 0.15) is 37.0 Å². The number of nitriles is 1. The molecule has 0 heterocycles. The third kappa shape index (κ3) is 5.99. The predicted octanol–water partition coefficient (Wildman–Crippen LogP) is 5.46. The van der Waals surface area contributed by atoms with Crippen molar-refractivity contribution in [2.45, 2.75) is 33.6 Å². The van der Waals surface area contributed by atoms with Gasteiger partial charge in [-0.15, -0.1) is 6.58 Å². The van der Waals surface area contributed by atoms with Crippen molar-refractivity contribution in [3.05, 3.63) is 71.3 Å². The maximum atomic E-state index is 12.7. The number of ether oxygens (including phenoxy) is 2. The van der Waals surface area contributed by atoms with Gasteiger partial charge in [0.05, 0.1) is 13.2 Å². The molecule has 1 N–H and O–H groups in total. The number of carbonyl (C=O) groups is 1. The highest BCUT2D eigenvalue weighted by Crippen LogP contribution is 2.35. The molecule has 0 aliphatic heterocycles. The number of hydrogen-bond acceptors (Lipinski definition) is 4. The van der Waals surface area contributed by atoms with Gasteiger partial charge in [0.25, 0.3) is 5.91 Å². The van der Waals surface area contributed by atoms with E-state index in [1.165, 1.54) is 0 Å². The quantitative estimate of drug-likeness (QED) is 0.324. The zero-order chi connectivity index (χ0) is 21.9. The van der Waals surface area contributed by atoms with Gasteiger partial charge in [-0.3, -0.25) is 4.79 Å². The largest absolute Gasteiger partial charge is 0.490 e. The monoisotopic (exact) mass is 404 g/mol. The summed E-state index contributed by atoms with van der Waals surface area (Å²) in [6.07, 6.45) is 4.80. The fourth-order valence-electron chi connectivity index (χ4n) is 2.92. The first-order valence-electron chi connectivity index (χ1n) is 10.1. The van der Waals surface area contributed by atoms with E-state index in [2.05, 4.69) is 11.9 Å². The first-order chi connectivity index (χ1) is 14.5. The smallest absolute Gasteiger partial charge is 0.266 e. The van der Waals surface area contributed by atoms with Crippen LogP contribution in [0.3, 0.4) is 0 Å². The molecule has 1 amide bonds. The Hall–Kier alpha value is -3.52. The standard InChI is InChI=1S/C25H28N2O3/c1-5-10-20-14-19(16-23(29-7-3)24(20)30-13-6-2)15-21(17-26)25(28)27-22-12-9-8-11-18(22)4/h5,8-9,11-12,14-16H,1,6-7,10,13H2,2-4H3,(H,27,28)/b21-15+. The van der Waals surface area contributed by atoms with Crippen molar-refractivity contribution in [1.82, 2.24) is 0 Å². The molecule has 0 aromatic heterocycles. The van der Waals surface area contributed by atoms with Gasteiger partial charge in [-0.25, -0.2) is 0 Å². The summed E-state index contributed by atoms with van der Waals surface area (Å²) in [7, 11) is 0. The summed E-state index contributed by atoms with van der Waals surface area (Å²) in [4.78, 5) is 12.7. The second kappa shape index (κ2) is 11.5. The van der Waals surface area contributed by atoms with E-state index >= 15 is 0 Å². The van der Waals surface area contributed by atoms with E-state index in [0.717, 1.165) is 17.5 Å². The molecule has 0 atom stereocenters. The normalized spacial score (nSPS) is 10.8. The van der Waals surface area contributed by atoms with Crippen LogP contribution in [0, 0.1) is 18.3 Å². The number of benzene rings is 2. The molecule has 0 bridgehead atoms. The van der Waals surface area contributed by atoms with Crippen molar-refractivity contribution in [2.75, 3.05) is 18.5 Å². The number of nitrogens with one attached hydrogen (secondary N) is 1. The third-order valence-electron chi connectivity index (χ3n) is 4.34. The Labute approximate surface area is 178 Å². The first kappa shape index (κ1) is 22.8. The Morgan fingerprint density at radius 1 is 1.23 bits per heavy atom. The molecule has 156 valence electrons. The van der Waals surface area contributed by atoms with Gasteiger partial charge in [-0.2, -0.15) is 5.26 Å². The molecule has 0 aliphatic carbocycles. The molecule has 2 aromatic rings.